The highest BCUT2D eigenvalue weighted by molar-refractivity contribution is 6.05. The SMILES string of the molecule is Cc1ccc(-c2cn(CCC3(N)CC3)nn2)cc1C(=O)Nc1ccccc1. The number of nitrogens with one attached hydrogen (secondary N) is 1. The Morgan fingerprint density at radius 2 is 2.00 bits per heavy atom. The Labute approximate surface area is 158 Å². The van der Waals surface area contributed by atoms with Crippen molar-refractivity contribution < 1.29 is 4.79 Å². The summed E-state index contributed by atoms with van der Waals surface area (Å²) in [6.45, 7) is 2.69. The molecule has 0 radical (unpaired) electrons. The molecule has 0 bridgehead atoms. The number of hydrogen-bond donors (Lipinski definition) is 2. The molecule has 2 aromatic carbocycles. The van der Waals surface area contributed by atoms with Crippen molar-refractivity contribution >= 4 is 11.6 Å². The first-order chi connectivity index (χ1) is 13.0. The largest absolute Gasteiger partial charge is 0.325 e. The lowest BCUT2D eigenvalue weighted by Crippen LogP contribution is -2.23. The van der Waals surface area contributed by atoms with E-state index in [1.165, 1.54) is 0 Å². The molecular weight excluding hydrogens is 338 g/mol. The van der Waals surface area contributed by atoms with E-state index in [9.17, 15) is 4.79 Å². The second kappa shape index (κ2) is 6.96. The fourth-order valence-corrected chi connectivity index (χ4v) is 3.03. The molecule has 27 heavy (non-hydrogen) atoms. The maximum atomic E-state index is 12.7. The van der Waals surface area contributed by atoms with Crippen molar-refractivity contribution in [3.05, 3.63) is 65.9 Å². The zero-order chi connectivity index (χ0) is 18.9. The Kier molecular flexibility index (Phi) is 4.49. The molecule has 138 valence electrons. The van der Waals surface area contributed by atoms with E-state index in [1.807, 2.05) is 66.3 Å². The van der Waals surface area contributed by atoms with Crippen molar-refractivity contribution in [3.63, 3.8) is 0 Å². The molecule has 3 aromatic rings. The number of hydrogen-bond acceptors (Lipinski definition) is 4. The molecule has 4 rings (SSSR count). The molecule has 1 aliphatic carbocycles. The second-order valence-electron chi connectivity index (χ2n) is 7.33. The highest BCUT2D eigenvalue weighted by Crippen LogP contribution is 2.35. The molecule has 1 aromatic heterocycles. The molecule has 0 unspecified atom stereocenters. The van der Waals surface area contributed by atoms with Crippen molar-refractivity contribution in [2.45, 2.75) is 38.3 Å². The van der Waals surface area contributed by atoms with Crippen LogP contribution in [0.1, 0.15) is 35.2 Å². The van der Waals surface area contributed by atoms with Crippen LogP contribution in [0, 0.1) is 6.92 Å². The minimum Gasteiger partial charge on any atom is -0.325 e. The summed E-state index contributed by atoms with van der Waals surface area (Å²) < 4.78 is 1.83. The van der Waals surface area contributed by atoms with E-state index in [-0.39, 0.29) is 11.4 Å². The predicted octanol–water partition coefficient (Wildman–Crippen LogP) is 3.39. The Morgan fingerprint density at radius 3 is 2.74 bits per heavy atom. The van der Waals surface area contributed by atoms with Crippen LogP contribution in [0.3, 0.4) is 0 Å². The summed E-state index contributed by atoms with van der Waals surface area (Å²) in [6.07, 6.45) is 5.00. The van der Waals surface area contributed by atoms with Crippen LogP contribution < -0.4 is 11.1 Å². The number of amides is 1. The molecule has 3 N–H and O–H groups in total. The first kappa shape index (κ1) is 17.4. The number of nitrogens with two attached hydrogens (primary N) is 1. The topological polar surface area (TPSA) is 85.8 Å². The summed E-state index contributed by atoms with van der Waals surface area (Å²) in [4.78, 5) is 12.7. The Balaban J connectivity index is 1.51. The van der Waals surface area contributed by atoms with Crippen molar-refractivity contribution in [1.82, 2.24) is 15.0 Å². The quantitative estimate of drug-likeness (QED) is 0.705. The molecule has 6 heteroatoms. The van der Waals surface area contributed by atoms with Gasteiger partial charge in [-0.2, -0.15) is 0 Å². The van der Waals surface area contributed by atoms with E-state index >= 15 is 0 Å². The molecule has 0 atom stereocenters. The van der Waals surface area contributed by atoms with Gasteiger partial charge in [-0.15, -0.1) is 5.10 Å². The van der Waals surface area contributed by atoms with Gasteiger partial charge in [0.2, 0.25) is 0 Å². The van der Waals surface area contributed by atoms with Crippen LogP contribution in [0.2, 0.25) is 0 Å². The Morgan fingerprint density at radius 1 is 1.22 bits per heavy atom. The number of carbonyl (C=O) groups is 1. The molecule has 1 saturated carbocycles. The number of para-hydroxylation sites is 1. The van der Waals surface area contributed by atoms with Crippen molar-refractivity contribution in [1.29, 1.82) is 0 Å². The molecule has 0 saturated heterocycles. The highest BCUT2D eigenvalue weighted by atomic mass is 16.1. The third-order valence-corrected chi connectivity index (χ3v) is 5.08. The van der Waals surface area contributed by atoms with Crippen LogP contribution in [0.5, 0.6) is 0 Å². The van der Waals surface area contributed by atoms with E-state index in [4.69, 9.17) is 5.73 Å². The van der Waals surface area contributed by atoms with Gasteiger partial charge in [-0.1, -0.05) is 35.5 Å². The van der Waals surface area contributed by atoms with Gasteiger partial charge in [-0.05, 0) is 49.9 Å². The van der Waals surface area contributed by atoms with Gasteiger partial charge in [0, 0.05) is 28.9 Å². The minimum atomic E-state index is -0.133. The van der Waals surface area contributed by atoms with Crippen molar-refractivity contribution in [2.24, 2.45) is 5.73 Å². The average Bonchev–Trinajstić information content (AvgIpc) is 3.22. The number of aromatic nitrogens is 3. The molecule has 6 nitrogen and oxygen atoms in total. The zero-order valence-corrected chi connectivity index (χ0v) is 15.4. The first-order valence-electron chi connectivity index (χ1n) is 9.19. The number of aryl methyl sites for hydroxylation is 2. The van der Waals surface area contributed by atoms with Crippen LogP contribution in [0.4, 0.5) is 5.69 Å². The molecular formula is C21H23N5O. The summed E-state index contributed by atoms with van der Waals surface area (Å²) in [6, 6.07) is 15.2. The van der Waals surface area contributed by atoms with Gasteiger partial charge in [0.05, 0.1) is 6.20 Å². The van der Waals surface area contributed by atoms with Gasteiger partial charge >= 0.3 is 0 Å². The van der Waals surface area contributed by atoms with E-state index < -0.39 is 0 Å². The van der Waals surface area contributed by atoms with E-state index in [2.05, 4.69) is 15.6 Å². The number of nitrogens with zero attached hydrogens (tertiary/aromatic N) is 3. The standard InChI is InChI=1S/C21H23N5O/c1-15-7-8-16(13-18(15)20(27)23-17-5-3-2-4-6-17)19-14-26(25-24-19)12-11-21(22)9-10-21/h2-8,13-14H,9-12,22H2,1H3,(H,23,27). The van der Waals surface area contributed by atoms with Crippen LogP contribution in [-0.4, -0.2) is 26.4 Å². The smallest absolute Gasteiger partial charge is 0.255 e. The lowest BCUT2D eigenvalue weighted by Gasteiger charge is -2.09. The summed E-state index contributed by atoms with van der Waals surface area (Å²) in [5, 5.41) is 11.4. The van der Waals surface area contributed by atoms with Gasteiger partial charge < -0.3 is 11.1 Å². The van der Waals surface area contributed by atoms with Gasteiger partial charge in [-0.25, -0.2) is 0 Å². The molecule has 1 aliphatic rings. The molecule has 1 amide bonds. The maximum Gasteiger partial charge on any atom is 0.255 e. The number of rotatable bonds is 6. The van der Waals surface area contributed by atoms with E-state index in [0.29, 0.717) is 5.56 Å². The predicted molar refractivity (Wildman–Crippen MR) is 105 cm³/mol. The average molecular weight is 361 g/mol. The summed E-state index contributed by atoms with van der Waals surface area (Å²) in [5.41, 5.74) is 10.1. The molecule has 1 heterocycles. The molecule has 0 aliphatic heterocycles. The van der Waals surface area contributed by atoms with Crippen LogP contribution in [0.25, 0.3) is 11.3 Å². The number of benzene rings is 2. The fourth-order valence-electron chi connectivity index (χ4n) is 3.03. The lowest BCUT2D eigenvalue weighted by molar-refractivity contribution is 0.102. The van der Waals surface area contributed by atoms with Crippen LogP contribution in [0.15, 0.2) is 54.7 Å². The minimum absolute atomic E-state index is 0.00132. The van der Waals surface area contributed by atoms with E-state index in [0.717, 1.165) is 48.3 Å². The van der Waals surface area contributed by atoms with Crippen LogP contribution in [-0.2, 0) is 6.54 Å². The van der Waals surface area contributed by atoms with Crippen LogP contribution >= 0.6 is 0 Å². The second-order valence-corrected chi connectivity index (χ2v) is 7.33. The van der Waals surface area contributed by atoms with E-state index in [1.54, 1.807) is 0 Å². The Hall–Kier alpha value is -2.99. The summed E-state index contributed by atoms with van der Waals surface area (Å²) in [7, 11) is 0. The van der Waals surface area contributed by atoms with Crippen molar-refractivity contribution in [3.8, 4) is 11.3 Å². The molecule has 0 spiro atoms. The maximum absolute atomic E-state index is 12.7. The molecule has 1 fully saturated rings. The van der Waals surface area contributed by atoms with Gasteiger partial charge in [0.25, 0.3) is 5.91 Å². The highest BCUT2D eigenvalue weighted by Gasteiger charge is 2.37. The summed E-state index contributed by atoms with van der Waals surface area (Å²) >= 11 is 0. The first-order valence-corrected chi connectivity index (χ1v) is 9.19. The third kappa shape index (κ3) is 4.06. The van der Waals surface area contributed by atoms with Gasteiger partial charge in [0.1, 0.15) is 5.69 Å². The zero-order valence-electron chi connectivity index (χ0n) is 15.4. The normalized spacial score (nSPS) is 14.7. The number of carbonyl (C=O) groups excluding carboxylic acids is 1. The lowest BCUT2D eigenvalue weighted by atomic mass is 10.0. The fraction of sp³-hybridized carbons (Fsp3) is 0.286. The van der Waals surface area contributed by atoms with Gasteiger partial charge in [0.15, 0.2) is 0 Å². The monoisotopic (exact) mass is 361 g/mol. The van der Waals surface area contributed by atoms with Crippen molar-refractivity contribution in [2.75, 3.05) is 5.32 Å². The van der Waals surface area contributed by atoms with Gasteiger partial charge in [-0.3, -0.25) is 9.48 Å². The Bertz CT molecular complexity index is 960. The third-order valence-electron chi connectivity index (χ3n) is 5.08. The summed E-state index contributed by atoms with van der Waals surface area (Å²) in [5.74, 6) is -0.133. The number of anilines is 1.